The summed E-state index contributed by atoms with van der Waals surface area (Å²) in [5.41, 5.74) is 1.07. The maximum absolute atomic E-state index is 11.0. The van der Waals surface area contributed by atoms with Crippen molar-refractivity contribution in [1.82, 2.24) is 20.2 Å². The molecule has 0 amide bonds. The molecule has 6 nitrogen and oxygen atoms in total. The molecule has 0 saturated carbocycles. The van der Waals surface area contributed by atoms with Gasteiger partial charge in [-0.05, 0) is 34.0 Å². The summed E-state index contributed by atoms with van der Waals surface area (Å²) in [4.78, 5) is 11.0. The van der Waals surface area contributed by atoms with Gasteiger partial charge in [-0.15, -0.1) is 5.10 Å². The molecule has 2 rings (SSSR count). The molecule has 112 valence electrons. The van der Waals surface area contributed by atoms with Gasteiger partial charge in [0.25, 0.3) is 0 Å². The molecule has 1 aromatic heterocycles. The minimum Gasteiger partial charge on any atom is -0.481 e. The minimum atomic E-state index is -0.849. The van der Waals surface area contributed by atoms with Crippen LogP contribution in [0.15, 0.2) is 28.7 Å². The lowest BCUT2D eigenvalue weighted by molar-refractivity contribution is -0.138. The number of carboxylic acids is 1. The van der Waals surface area contributed by atoms with Crippen LogP contribution in [-0.4, -0.2) is 31.3 Å². The number of hydrogen-bond donors (Lipinski definition) is 1. The van der Waals surface area contributed by atoms with Crippen LogP contribution in [0.4, 0.5) is 0 Å². The molecule has 2 aromatic rings. The summed E-state index contributed by atoms with van der Waals surface area (Å²) in [6.07, 6.45) is 0.573. The van der Waals surface area contributed by atoms with Crippen LogP contribution in [0.3, 0.4) is 0 Å². The second-order valence-electron chi connectivity index (χ2n) is 5.26. The van der Waals surface area contributed by atoms with Crippen molar-refractivity contribution in [1.29, 1.82) is 0 Å². The second kappa shape index (κ2) is 6.80. The van der Waals surface area contributed by atoms with E-state index in [4.69, 9.17) is 5.11 Å². The van der Waals surface area contributed by atoms with Crippen LogP contribution in [-0.2, 0) is 11.2 Å². The van der Waals surface area contributed by atoms with E-state index in [1.807, 2.05) is 38.1 Å². The summed E-state index contributed by atoms with van der Waals surface area (Å²) < 4.78 is 2.63. The Bertz CT molecular complexity index is 627. The molecule has 0 aliphatic heterocycles. The summed E-state index contributed by atoms with van der Waals surface area (Å²) in [6.45, 7) is 3.94. The van der Waals surface area contributed by atoms with Gasteiger partial charge in [0.15, 0.2) is 5.82 Å². The lowest BCUT2D eigenvalue weighted by Gasteiger charge is -2.20. The maximum atomic E-state index is 11.0. The van der Waals surface area contributed by atoms with Crippen molar-refractivity contribution in [2.24, 2.45) is 5.92 Å². The largest absolute Gasteiger partial charge is 0.481 e. The lowest BCUT2D eigenvalue weighted by atomic mass is 10.0. The molecule has 21 heavy (non-hydrogen) atoms. The Morgan fingerprint density at radius 2 is 2.19 bits per heavy atom. The van der Waals surface area contributed by atoms with E-state index in [9.17, 15) is 4.79 Å². The van der Waals surface area contributed by atoms with Crippen molar-refractivity contribution < 1.29 is 9.90 Å². The third kappa shape index (κ3) is 4.10. The smallest absolute Gasteiger partial charge is 0.305 e. The highest BCUT2D eigenvalue weighted by molar-refractivity contribution is 9.10. The molecule has 1 atom stereocenters. The Hall–Kier alpha value is -1.76. The second-order valence-corrected chi connectivity index (χ2v) is 6.17. The predicted octanol–water partition coefficient (Wildman–Crippen LogP) is 2.70. The molecule has 0 radical (unpaired) electrons. The van der Waals surface area contributed by atoms with Crippen molar-refractivity contribution in [3.8, 4) is 0 Å². The zero-order chi connectivity index (χ0) is 15.4. The van der Waals surface area contributed by atoms with Gasteiger partial charge < -0.3 is 5.11 Å². The summed E-state index contributed by atoms with van der Waals surface area (Å²) >= 11 is 3.43. The van der Waals surface area contributed by atoms with E-state index >= 15 is 0 Å². The van der Waals surface area contributed by atoms with E-state index in [1.165, 1.54) is 0 Å². The van der Waals surface area contributed by atoms with Crippen LogP contribution >= 0.6 is 15.9 Å². The van der Waals surface area contributed by atoms with E-state index in [2.05, 4.69) is 31.5 Å². The molecule has 1 aromatic carbocycles. The quantitative estimate of drug-likeness (QED) is 0.864. The zero-order valence-corrected chi connectivity index (χ0v) is 13.5. The average Bonchev–Trinajstić information content (AvgIpc) is 2.83. The van der Waals surface area contributed by atoms with E-state index < -0.39 is 5.97 Å². The third-order valence-corrected chi connectivity index (χ3v) is 3.77. The van der Waals surface area contributed by atoms with Crippen LogP contribution in [0.1, 0.15) is 37.7 Å². The first kappa shape index (κ1) is 15.6. The van der Waals surface area contributed by atoms with Crippen molar-refractivity contribution >= 4 is 21.9 Å². The van der Waals surface area contributed by atoms with Gasteiger partial charge in [0.1, 0.15) is 0 Å². The Balaban J connectivity index is 2.26. The van der Waals surface area contributed by atoms with Crippen molar-refractivity contribution in [2.75, 3.05) is 0 Å². The SMILES string of the molecule is CC(C)C(CC(=O)O)n1nnnc1Cc1cccc(Br)c1. The van der Waals surface area contributed by atoms with Crippen LogP contribution in [0.2, 0.25) is 0 Å². The van der Waals surface area contributed by atoms with Crippen molar-refractivity contribution in [3.63, 3.8) is 0 Å². The van der Waals surface area contributed by atoms with Crippen LogP contribution < -0.4 is 0 Å². The molecule has 0 saturated heterocycles. The number of carbonyl (C=O) groups is 1. The number of tetrazole rings is 1. The summed E-state index contributed by atoms with van der Waals surface area (Å²) in [5, 5.41) is 20.8. The first-order valence-electron chi connectivity index (χ1n) is 6.70. The van der Waals surface area contributed by atoms with Gasteiger partial charge in [-0.1, -0.05) is 41.9 Å². The number of hydrogen-bond acceptors (Lipinski definition) is 4. The van der Waals surface area contributed by atoms with Gasteiger partial charge in [0.2, 0.25) is 0 Å². The van der Waals surface area contributed by atoms with Crippen LogP contribution in [0.5, 0.6) is 0 Å². The predicted molar refractivity (Wildman–Crippen MR) is 80.9 cm³/mol. The van der Waals surface area contributed by atoms with Gasteiger partial charge in [0, 0.05) is 10.9 Å². The van der Waals surface area contributed by atoms with Gasteiger partial charge in [0.05, 0.1) is 12.5 Å². The van der Waals surface area contributed by atoms with E-state index in [0.717, 1.165) is 10.0 Å². The van der Waals surface area contributed by atoms with E-state index in [0.29, 0.717) is 12.2 Å². The molecular weight excluding hydrogens is 336 g/mol. The fourth-order valence-corrected chi connectivity index (χ4v) is 2.65. The molecule has 0 aliphatic carbocycles. The number of benzene rings is 1. The number of rotatable bonds is 6. The number of aliphatic carboxylic acids is 1. The molecule has 0 fully saturated rings. The molecule has 0 spiro atoms. The molecule has 7 heteroatoms. The monoisotopic (exact) mass is 352 g/mol. The van der Waals surface area contributed by atoms with Gasteiger partial charge in [-0.3, -0.25) is 4.79 Å². The molecule has 1 heterocycles. The first-order valence-corrected chi connectivity index (χ1v) is 7.49. The summed E-state index contributed by atoms with van der Waals surface area (Å²) in [5.74, 6) is -0.0449. The molecule has 1 unspecified atom stereocenters. The number of nitrogens with zero attached hydrogens (tertiary/aromatic N) is 4. The molecule has 1 N–H and O–H groups in total. The van der Waals surface area contributed by atoms with Crippen LogP contribution in [0.25, 0.3) is 0 Å². The Morgan fingerprint density at radius 3 is 2.81 bits per heavy atom. The fraction of sp³-hybridized carbons (Fsp3) is 0.429. The average molecular weight is 353 g/mol. The summed E-state index contributed by atoms with van der Waals surface area (Å²) in [6, 6.07) is 7.64. The lowest BCUT2D eigenvalue weighted by Crippen LogP contribution is -2.22. The van der Waals surface area contributed by atoms with Gasteiger partial charge >= 0.3 is 5.97 Å². The minimum absolute atomic E-state index is 0.00813. The molecule has 0 bridgehead atoms. The first-order chi connectivity index (χ1) is 9.97. The van der Waals surface area contributed by atoms with Gasteiger partial charge in [-0.25, -0.2) is 4.68 Å². The topological polar surface area (TPSA) is 80.9 Å². The number of halogens is 1. The summed E-state index contributed by atoms with van der Waals surface area (Å²) in [7, 11) is 0. The van der Waals surface area contributed by atoms with E-state index in [1.54, 1.807) is 4.68 Å². The Kier molecular flexibility index (Phi) is 5.06. The Labute approximate surface area is 131 Å². The van der Waals surface area contributed by atoms with Gasteiger partial charge in [-0.2, -0.15) is 0 Å². The fourth-order valence-electron chi connectivity index (χ4n) is 2.20. The Morgan fingerprint density at radius 1 is 1.43 bits per heavy atom. The van der Waals surface area contributed by atoms with Crippen molar-refractivity contribution in [2.45, 2.75) is 32.7 Å². The molecule has 0 aliphatic rings. The highest BCUT2D eigenvalue weighted by Crippen LogP contribution is 2.23. The highest BCUT2D eigenvalue weighted by Gasteiger charge is 2.23. The number of aromatic nitrogens is 4. The van der Waals surface area contributed by atoms with Crippen LogP contribution in [0, 0.1) is 5.92 Å². The third-order valence-electron chi connectivity index (χ3n) is 3.28. The normalized spacial score (nSPS) is 12.6. The number of carboxylic acid groups (broad SMARTS) is 1. The molecular formula is C14H17BrN4O2. The zero-order valence-electron chi connectivity index (χ0n) is 11.9. The van der Waals surface area contributed by atoms with Crippen molar-refractivity contribution in [3.05, 3.63) is 40.1 Å². The van der Waals surface area contributed by atoms with E-state index in [-0.39, 0.29) is 18.4 Å². The standard InChI is InChI=1S/C14H17BrN4O2/c1-9(2)12(8-14(20)21)19-13(16-17-18-19)7-10-4-3-5-11(15)6-10/h3-6,9,12H,7-8H2,1-2H3,(H,20,21). The maximum Gasteiger partial charge on any atom is 0.305 e. The highest BCUT2D eigenvalue weighted by atomic mass is 79.9.